The zero-order chi connectivity index (χ0) is 18.2. The minimum Gasteiger partial charge on any atom is -0.489 e. The molecule has 2 aromatic carbocycles. The van der Waals surface area contributed by atoms with Gasteiger partial charge in [-0.2, -0.15) is 0 Å². The quantitative estimate of drug-likeness (QED) is 0.664. The minimum atomic E-state index is -0.184. The molecule has 0 unspecified atom stereocenters. The second-order valence-electron chi connectivity index (χ2n) is 5.91. The van der Waals surface area contributed by atoms with Crippen molar-refractivity contribution in [2.24, 2.45) is 0 Å². The average molecular weight is 344 g/mol. The zero-order valence-corrected chi connectivity index (χ0v) is 14.6. The van der Waals surface area contributed by atoms with Gasteiger partial charge in [-0.05, 0) is 36.8 Å². The molecule has 1 aromatic heterocycles. The summed E-state index contributed by atoms with van der Waals surface area (Å²) in [4.78, 5) is 16.2. The number of carbonyl (C=O) groups excluding carboxylic acids is 1. The number of hydrogen-bond acceptors (Lipinski definition) is 3. The molecular weight excluding hydrogens is 324 g/mol. The van der Waals surface area contributed by atoms with Gasteiger partial charge in [0.2, 0.25) is 5.91 Å². The molecule has 0 spiro atoms. The predicted molar refractivity (Wildman–Crippen MR) is 104 cm³/mol. The van der Waals surface area contributed by atoms with Gasteiger partial charge in [0.15, 0.2) is 0 Å². The molecule has 0 saturated carbocycles. The molecule has 0 aliphatic heterocycles. The van der Waals surface area contributed by atoms with Gasteiger partial charge in [-0.15, -0.1) is 0 Å². The third-order valence-corrected chi connectivity index (χ3v) is 3.70. The summed E-state index contributed by atoms with van der Waals surface area (Å²) in [6.45, 7) is 2.45. The van der Waals surface area contributed by atoms with Crippen LogP contribution in [0.4, 0.5) is 5.69 Å². The summed E-state index contributed by atoms with van der Waals surface area (Å²) in [6.07, 6.45) is 6.81. The highest BCUT2D eigenvalue weighted by Crippen LogP contribution is 2.18. The average Bonchev–Trinajstić information content (AvgIpc) is 2.66. The Morgan fingerprint density at radius 3 is 2.81 bits per heavy atom. The SMILES string of the molecule is Cc1cccc(/C=C/C(=O)Nc2cccc(OCc3cccnc3)c2)c1. The van der Waals surface area contributed by atoms with Crippen LogP contribution in [0.3, 0.4) is 0 Å². The molecule has 0 bridgehead atoms. The number of ether oxygens (including phenoxy) is 1. The van der Waals surface area contributed by atoms with E-state index < -0.39 is 0 Å². The van der Waals surface area contributed by atoms with Gasteiger partial charge in [0.25, 0.3) is 0 Å². The van der Waals surface area contributed by atoms with E-state index >= 15 is 0 Å². The molecule has 1 amide bonds. The van der Waals surface area contributed by atoms with Gasteiger partial charge in [-0.25, -0.2) is 0 Å². The third kappa shape index (κ3) is 5.31. The Morgan fingerprint density at radius 1 is 1.12 bits per heavy atom. The van der Waals surface area contributed by atoms with Crippen LogP contribution in [0.15, 0.2) is 79.1 Å². The van der Waals surface area contributed by atoms with E-state index in [1.165, 1.54) is 6.08 Å². The smallest absolute Gasteiger partial charge is 0.248 e. The minimum absolute atomic E-state index is 0.184. The van der Waals surface area contributed by atoms with Gasteiger partial charge < -0.3 is 10.1 Å². The van der Waals surface area contributed by atoms with Crippen molar-refractivity contribution in [2.75, 3.05) is 5.32 Å². The molecule has 0 atom stereocenters. The lowest BCUT2D eigenvalue weighted by molar-refractivity contribution is -0.111. The van der Waals surface area contributed by atoms with E-state index in [0.29, 0.717) is 18.0 Å². The second kappa shape index (κ2) is 8.62. The first-order valence-corrected chi connectivity index (χ1v) is 8.36. The highest BCUT2D eigenvalue weighted by Gasteiger charge is 2.01. The number of pyridine rings is 1. The largest absolute Gasteiger partial charge is 0.489 e. The fraction of sp³-hybridized carbons (Fsp3) is 0.0909. The van der Waals surface area contributed by atoms with Crippen LogP contribution in [0.5, 0.6) is 5.75 Å². The summed E-state index contributed by atoms with van der Waals surface area (Å²) in [5.74, 6) is 0.505. The highest BCUT2D eigenvalue weighted by atomic mass is 16.5. The maximum atomic E-state index is 12.1. The Morgan fingerprint density at radius 2 is 2.00 bits per heavy atom. The second-order valence-corrected chi connectivity index (χ2v) is 5.91. The number of aryl methyl sites for hydroxylation is 1. The van der Waals surface area contributed by atoms with Crippen LogP contribution in [-0.2, 0) is 11.4 Å². The lowest BCUT2D eigenvalue weighted by Gasteiger charge is -2.08. The number of hydrogen-bond donors (Lipinski definition) is 1. The van der Waals surface area contributed by atoms with Crippen molar-refractivity contribution in [3.05, 3.63) is 95.8 Å². The van der Waals surface area contributed by atoms with Crippen LogP contribution in [0.2, 0.25) is 0 Å². The van der Waals surface area contributed by atoms with Crippen molar-refractivity contribution < 1.29 is 9.53 Å². The van der Waals surface area contributed by atoms with E-state index in [2.05, 4.69) is 10.3 Å². The molecule has 0 aliphatic rings. The van der Waals surface area contributed by atoms with Gasteiger partial charge in [-0.3, -0.25) is 9.78 Å². The lowest BCUT2D eigenvalue weighted by atomic mass is 10.1. The molecule has 0 fully saturated rings. The summed E-state index contributed by atoms with van der Waals surface area (Å²) in [5, 5.41) is 2.85. The number of nitrogens with one attached hydrogen (secondary N) is 1. The highest BCUT2D eigenvalue weighted by molar-refractivity contribution is 6.02. The third-order valence-electron chi connectivity index (χ3n) is 3.70. The standard InChI is InChI=1S/C22H20N2O2/c1-17-5-2-6-18(13-17)10-11-22(25)24-20-8-3-9-21(14-20)26-16-19-7-4-12-23-15-19/h2-15H,16H2,1H3,(H,24,25)/b11-10+. The summed E-state index contributed by atoms with van der Waals surface area (Å²) < 4.78 is 5.75. The number of anilines is 1. The van der Waals surface area contributed by atoms with E-state index in [0.717, 1.165) is 16.7 Å². The van der Waals surface area contributed by atoms with E-state index in [9.17, 15) is 4.79 Å². The van der Waals surface area contributed by atoms with Crippen molar-refractivity contribution in [1.29, 1.82) is 0 Å². The number of amides is 1. The molecule has 4 nitrogen and oxygen atoms in total. The summed E-state index contributed by atoms with van der Waals surface area (Å²) in [5.41, 5.74) is 3.83. The number of nitrogens with zero attached hydrogens (tertiary/aromatic N) is 1. The van der Waals surface area contributed by atoms with Crippen LogP contribution in [0, 0.1) is 6.92 Å². The fourth-order valence-electron chi connectivity index (χ4n) is 2.44. The first-order chi connectivity index (χ1) is 12.7. The Labute approximate surface area is 153 Å². The van der Waals surface area contributed by atoms with E-state index in [1.807, 2.05) is 61.5 Å². The van der Waals surface area contributed by atoms with Crippen LogP contribution in [0.25, 0.3) is 6.08 Å². The van der Waals surface area contributed by atoms with Gasteiger partial charge in [0.1, 0.15) is 12.4 Å². The molecule has 0 aliphatic carbocycles. The molecule has 26 heavy (non-hydrogen) atoms. The molecule has 0 radical (unpaired) electrons. The van der Waals surface area contributed by atoms with E-state index in [1.54, 1.807) is 24.5 Å². The lowest BCUT2D eigenvalue weighted by Crippen LogP contribution is -2.07. The van der Waals surface area contributed by atoms with Crippen molar-refractivity contribution in [3.8, 4) is 5.75 Å². The fourth-order valence-corrected chi connectivity index (χ4v) is 2.44. The first-order valence-electron chi connectivity index (χ1n) is 8.36. The van der Waals surface area contributed by atoms with Crippen molar-refractivity contribution in [1.82, 2.24) is 4.98 Å². The summed E-state index contributed by atoms with van der Waals surface area (Å²) in [7, 11) is 0. The molecule has 1 heterocycles. The van der Waals surface area contributed by atoms with Crippen LogP contribution < -0.4 is 10.1 Å². The van der Waals surface area contributed by atoms with Gasteiger partial charge in [0.05, 0.1) is 0 Å². The maximum absolute atomic E-state index is 12.1. The zero-order valence-electron chi connectivity index (χ0n) is 14.6. The van der Waals surface area contributed by atoms with Crippen molar-refractivity contribution in [3.63, 3.8) is 0 Å². The summed E-state index contributed by atoms with van der Waals surface area (Å²) in [6, 6.07) is 19.1. The van der Waals surface area contributed by atoms with Gasteiger partial charge in [0, 0.05) is 35.8 Å². The van der Waals surface area contributed by atoms with Gasteiger partial charge in [-0.1, -0.05) is 42.0 Å². The molecule has 0 saturated heterocycles. The molecule has 3 aromatic rings. The Hall–Kier alpha value is -3.40. The van der Waals surface area contributed by atoms with Crippen molar-refractivity contribution >= 4 is 17.7 Å². The van der Waals surface area contributed by atoms with E-state index in [4.69, 9.17) is 4.74 Å². The summed E-state index contributed by atoms with van der Waals surface area (Å²) >= 11 is 0. The number of rotatable bonds is 6. The molecule has 1 N–H and O–H groups in total. The molecule has 130 valence electrons. The first kappa shape index (κ1) is 17.4. The topological polar surface area (TPSA) is 51.2 Å². The maximum Gasteiger partial charge on any atom is 0.248 e. The normalized spacial score (nSPS) is 10.7. The van der Waals surface area contributed by atoms with Crippen LogP contribution in [-0.4, -0.2) is 10.9 Å². The Balaban J connectivity index is 1.58. The molecule has 4 heteroatoms. The number of benzene rings is 2. The van der Waals surface area contributed by atoms with Crippen molar-refractivity contribution in [2.45, 2.75) is 13.5 Å². The Kier molecular flexibility index (Phi) is 5.78. The predicted octanol–water partition coefficient (Wildman–Crippen LogP) is 4.62. The van der Waals surface area contributed by atoms with Crippen LogP contribution in [0.1, 0.15) is 16.7 Å². The van der Waals surface area contributed by atoms with Crippen LogP contribution >= 0.6 is 0 Å². The molecule has 3 rings (SSSR count). The molecular formula is C22H20N2O2. The Bertz CT molecular complexity index is 905. The monoisotopic (exact) mass is 344 g/mol. The number of carbonyl (C=O) groups is 1. The van der Waals surface area contributed by atoms with E-state index in [-0.39, 0.29) is 5.91 Å². The van der Waals surface area contributed by atoms with Gasteiger partial charge >= 0.3 is 0 Å². The number of aromatic nitrogens is 1.